The van der Waals surface area contributed by atoms with Crippen molar-refractivity contribution in [2.45, 2.75) is 25.9 Å². The summed E-state index contributed by atoms with van der Waals surface area (Å²) < 4.78 is 3.85. The zero-order valence-corrected chi connectivity index (χ0v) is 15.3. The molecule has 2 unspecified atom stereocenters. The Hall–Kier alpha value is -3.41. The molecule has 0 aliphatic heterocycles. The molecule has 0 spiro atoms. The molecule has 0 aliphatic rings. The molecular weight excluding hydrogens is 338 g/mol. The Morgan fingerprint density at radius 3 is 2.56 bits per heavy atom. The van der Waals surface area contributed by atoms with Gasteiger partial charge in [-0.05, 0) is 43.7 Å². The van der Waals surface area contributed by atoms with Gasteiger partial charge in [0.25, 0.3) is 0 Å². The van der Waals surface area contributed by atoms with Crippen LogP contribution in [0, 0.1) is 0 Å². The Bertz CT molecular complexity index is 1050. The summed E-state index contributed by atoms with van der Waals surface area (Å²) in [6, 6.07) is 15.5. The standard InChI is InChI=1S/C21H21N5O/c1-15(17-7-9-18(10-8-17)25-12-11-22-13-25)24-21(27)16(2)26-14-23-19-5-3-4-6-20(19)26/h3-16H,1-2H3,(H,24,27). The summed E-state index contributed by atoms with van der Waals surface area (Å²) in [5.41, 5.74) is 3.93. The van der Waals surface area contributed by atoms with E-state index in [1.54, 1.807) is 18.9 Å². The summed E-state index contributed by atoms with van der Waals surface area (Å²) in [5.74, 6) is -0.0376. The van der Waals surface area contributed by atoms with Crippen LogP contribution in [0.15, 0.2) is 73.6 Å². The molecule has 4 aromatic rings. The van der Waals surface area contributed by atoms with Gasteiger partial charge in [-0.1, -0.05) is 24.3 Å². The van der Waals surface area contributed by atoms with Crippen LogP contribution in [0.4, 0.5) is 0 Å². The van der Waals surface area contributed by atoms with Crippen LogP contribution in [0.2, 0.25) is 0 Å². The molecule has 0 aliphatic carbocycles. The van der Waals surface area contributed by atoms with Crippen molar-refractivity contribution in [3.05, 3.63) is 79.1 Å². The predicted octanol–water partition coefficient (Wildman–Crippen LogP) is 3.66. The van der Waals surface area contributed by atoms with E-state index < -0.39 is 0 Å². The normalized spacial score (nSPS) is 13.4. The van der Waals surface area contributed by atoms with E-state index in [2.05, 4.69) is 15.3 Å². The van der Waals surface area contributed by atoms with Gasteiger partial charge in [-0.15, -0.1) is 0 Å². The van der Waals surface area contributed by atoms with Crippen LogP contribution in [0.1, 0.15) is 31.5 Å². The lowest BCUT2D eigenvalue weighted by molar-refractivity contribution is -0.124. The smallest absolute Gasteiger partial charge is 0.243 e. The molecule has 0 fully saturated rings. The van der Waals surface area contributed by atoms with Crippen molar-refractivity contribution in [3.8, 4) is 5.69 Å². The zero-order valence-electron chi connectivity index (χ0n) is 15.3. The van der Waals surface area contributed by atoms with Crippen LogP contribution < -0.4 is 5.32 Å². The van der Waals surface area contributed by atoms with Crippen molar-refractivity contribution >= 4 is 16.9 Å². The molecule has 1 N–H and O–H groups in total. The second-order valence-corrected chi connectivity index (χ2v) is 6.61. The largest absolute Gasteiger partial charge is 0.348 e. The molecular formula is C21H21N5O. The van der Waals surface area contributed by atoms with Crippen LogP contribution in [0.25, 0.3) is 16.7 Å². The van der Waals surface area contributed by atoms with Crippen molar-refractivity contribution in [1.29, 1.82) is 0 Å². The Labute approximate surface area is 157 Å². The Morgan fingerprint density at radius 2 is 1.81 bits per heavy atom. The van der Waals surface area contributed by atoms with Crippen LogP contribution in [0.5, 0.6) is 0 Å². The van der Waals surface area contributed by atoms with Crippen LogP contribution >= 0.6 is 0 Å². The topological polar surface area (TPSA) is 64.7 Å². The summed E-state index contributed by atoms with van der Waals surface area (Å²) in [7, 11) is 0. The fourth-order valence-electron chi connectivity index (χ4n) is 3.18. The minimum absolute atomic E-state index is 0.0376. The maximum Gasteiger partial charge on any atom is 0.243 e. The molecule has 2 heterocycles. The second kappa shape index (κ2) is 7.07. The lowest BCUT2D eigenvalue weighted by Crippen LogP contribution is -2.32. The first-order valence-corrected chi connectivity index (χ1v) is 8.94. The molecule has 1 amide bonds. The van der Waals surface area contributed by atoms with Crippen molar-refractivity contribution < 1.29 is 4.79 Å². The molecule has 6 heteroatoms. The third kappa shape index (κ3) is 3.33. The number of nitrogens with one attached hydrogen (secondary N) is 1. The third-order valence-corrected chi connectivity index (χ3v) is 4.83. The lowest BCUT2D eigenvalue weighted by Gasteiger charge is -2.19. The van der Waals surface area contributed by atoms with Crippen molar-refractivity contribution in [2.75, 3.05) is 0 Å². The van der Waals surface area contributed by atoms with Gasteiger partial charge in [-0.25, -0.2) is 9.97 Å². The summed E-state index contributed by atoms with van der Waals surface area (Å²) in [4.78, 5) is 21.2. The minimum Gasteiger partial charge on any atom is -0.348 e. The van der Waals surface area contributed by atoms with E-state index in [-0.39, 0.29) is 18.0 Å². The van der Waals surface area contributed by atoms with Gasteiger partial charge >= 0.3 is 0 Å². The number of imidazole rings is 2. The number of hydrogen-bond acceptors (Lipinski definition) is 3. The van der Waals surface area contributed by atoms with Gasteiger partial charge in [0.2, 0.25) is 5.91 Å². The minimum atomic E-state index is -0.343. The number of hydrogen-bond donors (Lipinski definition) is 1. The first-order valence-electron chi connectivity index (χ1n) is 8.94. The number of fused-ring (bicyclic) bond motifs is 1. The fourth-order valence-corrected chi connectivity index (χ4v) is 3.18. The van der Waals surface area contributed by atoms with Crippen LogP contribution in [-0.2, 0) is 4.79 Å². The van der Waals surface area contributed by atoms with Crippen LogP contribution in [-0.4, -0.2) is 25.0 Å². The summed E-state index contributed by atoms with van der Waals surface area (Å²) in [6.07, 6.45) is 7.13. The molecule has 2 aromatic heterocycles. The highest BCUT2D eigenvalue weighted by atomic mass is 16.2. The number of benzene rings is 2. The summed E-state index contributed by atoms with van der Waals surface area (Å²) in [5, 5.41) is 3.10. The third-order valence-electron chi connectivity index (χ3n) is 4.83. The van der Waals surface area contributed by atoms with Crippen molar-refractivity contribution in [1.82, 2.24) is 24.4 Å². The molecule has 0 bridgehead atoms. The van der Waals surface area contributed by atoms with Gasteiger partial charge in [-0.3, -0.25) is 4.79 Å². The number of nitrogens with zero attached hydrogens (tertiary/aromatic N) is 4. The average Bonchev–Trinajstić information content (AvgIpc) is 3.37. The highest BCUT2D eigenvalue weighted by Gasteiger charge is 2.19. The lowest BCUT2D eigenvalue weighted by atomic mass is 10.1. The number of para-hydroxylation sites is 2. The highest BCUT2D eigenvalue weighted by molar-refractivity contribution is 5.83. The fraction of sp³-hybridized carbons (Fsp3) is 0.190. The van der Waals surface area contributed by atoms with Gasteiger partial charge in [0.1, 0.15) is 6.04 Å². The Kier molecular flexibility index (Phi) is 4.46. The van der Waals surface area contributed by atoms with Gasteiger partial charge in [-0.2, -0.15) is 0 Å². The van der Waals surface area contributed by atoms with E-state index in [1.807, 2.05) is 77.7 Å². The zero-order chi connectivity index (χ0) is 18.8. The predicted molar refractivity (Wildman–Crippen MR) is 105 cm³/mol. The maximum atomic E-state index is 12.8. The first kappa shape index (κ1) is 17.0. The van der Waals surface area contributed by atoms with Gasteiger partial charge in [0.05, 0.1) is 29.7 Å². The second-order valence-electron chi connectivity index (χ2n) is 6.61. The molecule has 0 radical (unpaired) electrons. The van der Waals surface area contributed by atoms with Gasteiger partial charge < -0.3 is 14.5 Å². The average molecular weight is 359 g/mol. The molecule has 6 nitrogen and oxygen atoms in total. The van der Waals surface area contributed by atoms with E-state index in [0.29, 0.717) is 0 Å². The Balaban J connectivity index is 1.47. The van der Waals surface area contributed by atoms with Crippen LogP contribution in [0.3, 0.4) is 0 Å². The Morgan fingerprint density at radius 1 is 1.04 bits per heavy atom. The van der Waals surface area contributed by atoms with Gasteiger partial charge in [0, 0.05) is 18.1 Å². The van der Waals surface area contributed by atoms with Gasteiger partial charge in [0.15, 0.2) is 0 Å². The number of carbonyl (C=O) groups excluding carboxylic acids is 1. The van der Waals surface area contributed by atoms with E-state index in [0.717, 1.165) is 22.3 Å². The number of carbonyl (C=O) groups is 1. The summed E-state index contributed by atoms with van der Waals surface area (Å²) >= 11 is 0. The monoisotopic (exact) mass is 359 g/mol. The van der Waals surface area contributed by atoms with Crippen molar-refractivity contribution in [2.24, 2.45) is 0 Å². The van der Waals surface area contributed by atoms with E-state index in [4.69, 9.17) is 0 Å². The molecule has 4 rings (SSSR count). The molecule has 27 heavy (non-hydrogen) atoms. The highest BCUT2D eigenvalue weighted by Crippen LogP contribution is 2.20. The quantitative estimate of drug-likeness (QED) is 0.591. The molecule has 0 saturated heterocycles. The van der Waals surface area contributed by atoms with E-state index in [9.17, 15) is 4.79 Å². The summed E-state index contributed by atoms with van der Waals surface area (Å²) in [6.45, 7) is 3.88. The molecule has 2 aromatic carbocycles. The molecule has 136 valence electrons. The van der Waals surface area contributed by atoms with E-state index >= 15 is 0 Å². The number of aromatic nitrogens is 4. The first-order chi connectivity index (χ1) is 13.1. The van der Waals surface area contributed by atoms with Crippen molar-refractivity contribution in [3.63, 3.8) is 0 Å². The number of amides is 1. The number of rotatable bonds is 5. The SMILES string of the molecule is CC(NC(=O)C(C)n1cnc2ccccc21)c1ccc(-n2ccnc2)cc1. The van der Waals surface area contributed by atoms with E-state index in [1.165, 1.54) is 0 Å². The maximum absolute atomic E-state index is 12.8. The molecule has 2 atom stereocenters. The molecule has 0 saturated carbocycles.